The van der Waals surface area contributed by atoms with Crippen LogP contribution in [0.1, 0.15) is 17.5 Å². The molecule has 2 rings (SSSR count). The minimum Gasteiger partial charge on any atom is -0.313 e. The Kier molecular flexibility index (Phi) is 1.68. The summed E-state index contributed by atoms with van der Waals surface area (Å²) in [5.41, 5.74) is 8.82. The van der Waals surface area contributed by atoms with Crippen molar-refractivity contribution in [2.24, 2.45) is 5.73 Å². The zero-order valence-electron chi connectivity index (χ0n) is 6.18. The average Bonchev–Trinajstić information content (AvgIpc) is 2.29. The maximum atomic E-state index is 6.08. The monoisotopic (exact) mass is 259 g/mol. The van der Waals surface area contributed by atoms with Crippen molar-refractivity contribution >= 4 is 22.6 Å². The second kappa shape index (κ2) is 2.45. The molecule has 1 aliphatic carbocycles. The normalized spacial score (nSPS) is 28.5. The van der Waals surface area contributed by atoms with E-state index in [4.69, 9.17) is 5.73 Å². The molecule has 0 amide bonds. The summed E-state index contributed by atoms with van der Waals surface area (Å²) in [5, 5.41) is 0. The lowest BCUT2D eigenvalue weighted by Gasteiger charge is -2.15. The lowest BCUT2D eigenvalue weighted by Crippen LogP contribution is -2.25. The fourth-order valence-electron chi connectivity index (χ4n) is 1.60. The molecule has 1 aliphatic rings. The van der Waals surface area contributed by atoms with Gasteiger partial charge in [0.1, 0.15) is 0 Å². The van der Waals surface area contributed by atoms with Crippen molar-refractivity contribution in [3.05, 3.63) is 35.4 Å². The van der Waals surface area contributed by atoms with Crippen LogP contribution in [0.5, 0.6) is 0 Å². The van der Waals surface area contributed by atoms with E-state index in [1.807, 2.05) is 0 Å². The van der Waals surface area contributed by atoms with E-state index in [1.54, 1.807) is 0 Å². The highest BCUT2D eigenvalue weighted by atomic mass is 127. The highest BCUT2D eigenvalue weighted by Crippen LogP contribution is 2.39. The standard InChI is InChI=1S/C9H10IN/c10-9(11)6-5-7-3-1-2-4-8(7)9/h1-4H,5-6,11H2. The molecule has 0 saturated heterocycles. The molecule has 1 aromatic carbocycles. The van der Waals surface area contributed by atoms with Gasteiger partial charge in [-0.1, -0.05) is 46.9 Å². The first-order valence-electron chi connectivity index (χ1n) is 3.76. The first-order chi connectivity index (χ1) is 5.20. The molecule has 0 bridgehead atoms. The van der Waals surface area contributed by atoms with E-state index in [0.29, 0.717) is 0 Å². The van der Waals surface area contributed by atoms with Gasteiger partial charge in [0.15, 0.2) is 0 Å². The van der Waals surface area contributed by atoms with E-state index in [9.17, 15) is 0 Å². The molecule has 0 aliphatic heterocycles. The number of aryl methyl sites for hydroxylation is 1. The Hall–Kier alpha value is -0.0900. The van der Waals surface area contributed by atoms with Crippen molar-refractivity contribution in [3.8, 4) is 0 Å². The summed E-state index contributed by atoms with van der Waals surface area (Å²) in [6.45, 7) is 0. The largest absolute Gasteiger partial charge is 0.313 e. The van der Waals surface area contributed by atoms with Crippen LogP contribution in [0, 0.1) is 0 Å². The van der Waals surface area contributed by atoms with Crippen LogP contribution < -0.4 is 5.73 Å². The molecule has 58 valence electrons. The van der Waals surface area contributed by atoms with Gasteiger partial charge in [0, 0.05) is 0 Å². The predicted molar refractivity (Wildman–Crippen MR) is 54.6 cm³/mol. The third-order valence-electron chi connectivity index (χ3n) is 2.22. The van der Waals surface area contributed by atoms with E-state index >= 15 is 0 Å². The summed E-state index contributed by atoms with van der Waals surface area (Å²) < 4.78 is -0.103. The molecule has 2 heteroatoms. The van der Waals surface area contributed by atoms with Gasteiger partial charge in [-0.15, -0.1) is 0 Å². The molecular formula is C9H10IN. The number of hydrogen-bond acceptors (Lipinski definition) is 1. The molecule has 0 spiro atoms. The maximum absolute atomic E-state index is 6.08. The Labute approximate surface area is 80.1 Å². The van der Waals surface area contributed by atoms with E-state index < -0.39 is 0 Å². The van der Waals surface area contributed by atoms with Gasteiger partial charge in [-0.25, -0.2) is 0 Å². The van der Waals surface area contributed by atoms with Crippen LogP contribution in [-0.4, -0.2) is 0 Å². The number of fused-ring (bicyclic) bond motifs is 1. The zero-order valence-corrected chi connectivity index (χ0v) is 8.34. The van der Waals surface area contributed by atoms with E-state index in [0.717, 1.165) is 12.8 Å². The summed E-state index contributed by atoms with van der Waals surface area (Å²) in [4.78, 5) is 0. The Balaban J connectivity index is 2.56. The molecule has 0 saturated carbocycles. The van der Waals surface area contributed by atoms with Crippen molar-refractivity contribution < 1.29 is 0 Å². The maximum Gasteiger partial charge on any atom is 0.0941 e. The number of alkyl halides is 1. The van der Waals surface area contributed by atoms with Crippen LogP contribution in [0.25, 0.3) is 0 Å². The van der Waals surface area contributed by atoms with Crippen molar-refractivity contribution in [2.75, 3.05) is 0 Å². The Morgan fingerprint density at radius 1 is 1.36 bits per heavy atom. The molecule has 1 nitrogen and oxygen atoms in total. The predicted octanol–water partition coefficient (Wildman–Crippen LogP) is 2.18. The van der Waals surface area contributed by atoms with Crippen molar-refractivity contribution in [3.63, 3.8) is 0 Å². The average molecular weight is 259 g/mol. The molecular weight excluding hydrogens is 249 g/mol. The second-order valence-corrected chi connectivity index (χ2v) is 4.94. The van der Waals surface area contributed by atoms with Gasteiger partial charge in [-0.05, 0) is 24.0 Å². The summed E-state index contributed by atoms with van der Waals surface area (Å²) >= 11 is 2.34. The third kappa shape index (κ3) is 1.18. The second-order valence-electron chi connectivity index (χ2n) is 3.02. The van der Waals surface area contributed by atoms with Crippen LogP contribution in [0.2, 0.25) is 0 Å². The van der Waals surface area contributed by atoms with Crippen LogP contribution in [0.15, 0.2) is 24.3 Å². The summed E-state index contributed by atoms with van der Waals surface area (Å²) in [6, 6.07) is 8.44. The molecule has 0 radical (unpaired) electrons. The fourth-order valence-corrected chi connectivity index (χ4v) is 2.39. The molecule has 1 atom stereocenters. The fraction of sp³-hybridized carbons (Fsp3) is 0.333. The van der Waals surface area contributed by atoms with Crippen LogP contribution in [0.3, 0.4) is 0 Å². The molecule has 11 heavy (non-hydrogen) atoms. The summed E-state index contributed by atoms with van der Waals surface area (Å²) in [6.07, 6.45) is 2.21. The van der Waals surface area contributed by atoms with Gasteiger partial charge >= 0.3 is 0 Å². The van der Waals surface area contributed by atoms with Gasteiger partial charge in [-0.3, -0.25) is 0 Å². The van der Waals surface area contributed by atoms with Crippen molar-refractivity contribution in [2.45, 2.75) is 16.4 Å². The Morgan fingerprint density at radius 2 is 2.09 bits per heavy atom. The van der Waals surface area contributed by atoms with Gasteiger partial charge in [0.05, 0.1) is 3.55 Å². The molecule has 1 aromatic rings. The Morgan fingerprint density at radius 3 is 2.82 bits per heavy atom. The van der Waals surface area contributed by atoms with Crippen LogP contribution >= 0.6 is 22.6 Å². The zero-order chi connectivity index (χ0) is 7.90. The Bertz CT molecular complexity index is 281. The van der Waals surface area contributed by atoms with E-state index in [-0.39, 0.29) is 3.55 Å². The highest BCUT2D eigenvalue weighted by molar-refractivity contribution is 14.1. The summed E-state index contributed by atoms with van der Waals surface area (Å²) in [5.74, 6) is 0. The number of benzene rings is 1. The molecule has 1 unspecified atom stereocenters. The highest BCUT2D eigenvalue weighted by Gasteiger charge is 2.31. The quantitative estimate of drug-likeness (QED) is 0.431. The first-order valence-corrected chi connectivity index (χ1v) is 4.84. The first kappa shape index (κ1) is 7.55. The van der Waals surface area contributed by atoms with E-state index in [2.05, 4.69) is 46.9 Å². The number of halogens is 1. The summed E-state index contributed by atoms with van der Waals surface area (Å²) in [7, 11) is 0. The third-order valence-corrected chi connectivity index (χ3v) is 3.34. The van der Waals surface area contributed by atoms with Crippen LogP contribution in [0.4, 0.5) is 0 Å². The number of rotatable bonds is 0. The van der Waals surface area contributed by atoms with Gasteiger partial charge in [0.2, 0.25) is 0 Å². The van der Waals surface area contributed by atoms with Crippen molar-refractivity contribution in [1.82, 2.24) is 0 Å². The van der Waals surface area contributed by atoms with Gasteiger partial charge in [0.25, 0.3) is 0 Å². The van der Waals surface area contributed by atoms with E-state index in [1.165, 1.54) is 11.1 Å². The minimum absolute atomic E-state index is 0.103. The lowest BCUT2D eigenvalue weighted by atomic mass is 10.1. The minimum atomic E-state index is -0.103. The SMILES string of the molecule is NC1(I)CCc2ccccc21. The number of nitrogens with two attached hydrogens (primary N) is 1. The van der Waals surface area contributed by atoms with Crippen LogP contribution in [-0.2, 0) is 9.97 Å². The molecule has 2 N–H and O–H groups in total. The topological polar surface area (TPSA) is 26.0 Å². The molecule has 0 fully saturated rings. The number of hydrogen-bond donors (Lipinski definition) is 1. The smallest absolute Gasteiger partial charge is 0.0941 e. The molecule has 0 heterocycles. The van der Waals surface area contributed by atoms with Gasteiger partial charge < -0.3 is 5.73 Å². The van der Waals surface area contributed by atoms with Gasteiger partial charge in [-0.2, -0.15) is 0 Å². The molecule has 0 aromatic heterocycles. The lowest BCUT2D eigenvalue weighted by molar-refractivity contribution is 0.681. The van der Waals surface area contributed by atoms with Crippen molar-refractivity contribution in [1.29, 1.82) is 0 Å².